The number of nitrogens with zero attached hydrogens (tertiary/aromatic N) is 4. The van der Waals surface area contributed by atoms with E-state index in [4.69, 9.17) is 5.73 Å². The number of rotatable bonds is 3. The van der Waals surface area contributed by atoms with E-state index >= 15 is 0 Å². The Bertz CT molecular complexity index is 820. The smallest absolute Gasteiger partial charge is 0.328 e. The summed E-state index contributed by atoms with van der Waals surface area (Å²) < 4.78 is 4.56. The highest BCUT2D eigenvalue weighted by molar-refractivity contribution is 5.71. The fourth-order valence-electron chi connectivity index (χ4n) is 2.67. The Kier molecular flexibility index (Phi) is 4.04. The molecule has 0 saturated carbocycles. The van der Waals surface area contributed by atoms with Crippen LogP contribution in [0.4, 0.5) is 0 Å². The standard InChI is InChI=1S/C15H25N5O2/c1-7-19-11-10(12(21)18(6)14(19)22)20(9(2)8-16)13(17-11)15(3,4)5/h9H,7-8,16H2,1-6H3. The molecule has 1 atom stereocenters. The van der Waals surface area contributed by atoms with Gasteiger partial charge < -0.3 is 10.3 Å². The number of fused-ring (bicyclic) bond motifs is 1. The molecule has 0 amide bonds. The summed E-state index contributed by atoms with van der Waals surface area (Å²) in [5.41, 5.74) is 5.80. The highest BCUT2D eigenvalue weighted by Crippen LogP contribution is 2.27. The largest absolute Gasteiger partial charge is 0.332 e. The molecule has 0 fully saturated rings. The predicted octanol–water partition coefficient (Wildman–Crippen LogP) is 0.734. The van der Waals surface area contributed by atoms with E-state index in [1.807, 2.05) is 39.2 Å². The van der Waals surface area contributed by atoms with Crippen LogP contribution in [-0.2, 0) is 19.0 Å². The van der Waals surface area contributed by atoms with Crippen LogP contribution >= 0.6 is 0 Å². The molecule has 0 saturated heterocycles. The molecular formula is C15H25N5O2. The Balaban J connectivity index is 3.11. The lowest BCUT2D eigenvalue weighted by atomic mass is 9.95. The molecule has 1 unspecified atom stereocenters. The van der Waals surface area contributed by atoms with Gasteiger partial charge in [-0.25, -0.2) is 9.78 Å². The maximum Gasteiger partial charge on any atom is 0.332 e. The molecule has 0 aromatic carbocycles. The van der Waals surface area contributed by atoms with E-state index in [1.165, 1.54) is 11.6 Å². The predicted molar refractivity (Wildman–Crippen MR) is 87.4 cm³/mol. The van der Waals surface area contributed by atoms with Crippen LogP contribution in [0.25, 0.3) is 11.2 Å². The first kappa shape index (κ1) is 16.5. The Labute approximate surface area is 129 Å². The van der Waals surface area contributed by atoms with E-state index in [1.54, 1.807) is 0 Å². The monoisotopic (exact) mass is 307 g/mol. The zero-order valence-electron chi connectivity index (χ0n) is 14.2. The van der Waals surface area contributed by atoms with Crippen molar-refractivity contribution in [1.82, 2.24) is 18.7 Å². The number of hydrogen-bond acceptors (Lipinski definition) is 4. The van der Waals surface area contributed by atoms with Crippen molar-refractivity contribution in [2.45, 2.75) is 52.6 Å². The molecule has 2 heterocycles. The minimum absolute atomic E-state index is 0.0743. The zero-order chi connectivity index (χ0) is 16.8. The number of nitrogens with two attached hydrogens (primary N) is 1. The van der Waals surface area contributed by atoms with Gasteiger partial charge in [0.05, 0.1) is 0 Å². The molecule has 0 radical (unpaired) electrons. The van der Waals surface area contributed by atoms with Crippen LogP contribution in [0.3, 0.4) is 0 Å². The van der Waals surface area contributed by atoms with Crippen LogP contribution in [0.15, 0.2) is 9.59 Å². The van der Waals surface area contributed by atoms with E-state index in [-0.39, 0.29) is 22.7 Å². The first-order valence-electron chi connectivity index (χ1n) is 7.57. The summed E-state index contributed by atoms with van der Waals surface area (Å²) in [5, 5.41) is 0. The molecule has 2 aromatic heterocycles. The minimum Gasteiger partial charge on any atom is -0.328 e. The molecule has 0 spiro atoms. The Morgan fingerprint density at radius 3 is 2.32 bits per heavy atom. The van der Waals surface area contributed by atoms with Crippen LogP contribution in [0, 0.1) is 0 Å². The normalized spacial score (nSPS) is 13.8. The zero-order valence-corrected chi connectivity index (χ0v) is 14.2. The molecule has 0 aliphatic rings. The second-order valence-corrected chi connectivity index (χ2v) is 6.70. The summed E-state index contributed by atoms with van der Waals surface area (Å²) in [7, 11) is 1.50. The molecule has 0 aliphatic carbocycles. The molecule has 22 heavy (non-hydrogen) atoms. The fourth-order valence-corrected chi connectivity index (χ4v) is 2.67. The number of aromatic nitrogens is 4. The maximum absolute atomic E-state index is 12.6. The summed E-state index contributed by atoms with van der Waals surface area (Å²) in [6, 6.07) is -0.0743. The number of imidazole rings is 1. The fraction of sp³-hybridized carbons (Fsp3) is 0.667. The van der Waals surface area contributed by atoms with Crippen LogP contribution in [0.1, 0.15) is 46.5 Å². The van der Waals surface area contributed by atoms with E-state index in [0.29, 0.717) is 24.3 Å². The maximum atomic E-state index is 12.6. The van der Waals surface area contributed by atoms with E-state index in [9.17, 15) is 9.59 Å². The molecule has 122 valence electrons. The third kappa shape index (κ3) is 2.29. The molecular weight excluding hydrogens is 282 g/mol. The van der Waals surface area contributed by atoms with Crippen molar-refractivity contribution in [2.75, 3.05) is 6.54 Å². The first-order chi connectivity index (χ1) is 10.1. The van der Waals surface area contributed by atoms with Crippen LogP contribution in [0.5, 0.6) is 0 Å². The summed E-state index contributed by atoms with van der Waals surface area (Å²) in [4.78, 5) is 29.6. The number of hydrogen-bond donors (Lipinski definition) is 1. The van der Waals surface area contributed by atoms with Gasteiger partial charge >= 0.3 is 5.69 Å². The Morgan fingerprint density at radius 1 is 1.27 bits per heavy atom. The van der Waals surface area contributed by atoms with Gasteiger partial charge in [0.15, 0.2) is 11.2 Å². The average Bonchev–Trinajstić information content (AvgIpc) is 2.85. The Hall–Kier alpha value is -1.89. The summed E-state index contributed by atoms with van der Waals surface area (Å²) in [6.45, 7) is 10.8. The van der Waals surface area contributed by atoms with Gasteiger partial charge in [-0.05, 0) is 13.8 Å². The van der Waals surface area contributed by atoms with Crippen molar-refractivity contribution in [1.29, 1.82) is 0 Å². The lowest BCUT2D eigenvalue weighted by molar-refractivity contribution is 0.463. The van der Waals surface area contributed by atoms with Crippen molar-refractivity contribution >= 4 is 11.2 Å². The van der Waals surface area contributed by atoms with Crippen LogP contribution in [-0.4, -0.2) is 25.2 Å². The van der Waals surface area contributed by atoms with Gasteiger partial charge in [0, 0.05) is 31.6 Å². The quantitative estimate of drug-likeness (QED) is 0.905. The minimum atomic E-state index is -0.342. The average molecular weight is 307 g/mol. The van der Waals surface area contributed by atoms with Crippen molar-refractivity contribution in [2.24, 2.45) is 12.8 Å². The molecule has 7 heteroatoms. The lowest BCUT2D eigenvalue weighted by Crippen LogP contribution is -2.39. The van der Waals surface area contributed by atoms with Gasteiger partial charge in [-0.1, -0.05) is 20.8 Å². The van der Waals surface area contributed by atoms with Gasteiger partial charge in [0.25, 0.3) is 5.56 Å². The van der Waals surface area contributed by atoms with E-state index in [2.05, 4.69) is 4.98 Å². The third-order valence-corrected chi connectivity index (χ3v) is 3.94. The van der Waals surface area contributed by atoms with E-state index in [0.717, 1.165) is 10.4 Å². The van der Waals surface area contributed by atoms with Gasteiger partial charge in [-0.15, -0.1) is 0 Å². The molecule has 7 nitrogen and oxygen atoms in total. The lowest BCUT2D eigenvalue weighted by Gasteiger charge is -2.23. The van der Waals surface area contributed by atoms with Crippen molar-refractivity contribution in [3.63, 3.8) is 0 Å². The number of aryl methyl sites for hydroxylation is 1. The third-order valence-electron chi connectivity index (χ3n) is 3.94. The van der Waals surface area contributed by atoms with Gasteiger partial charge in [0.1, 0.15) is 5.82 Å². The summed E-state index contributed by atoms with van der Waals surface area (Å²) >= 11 is 0. The molecule has 0 bridgehead atoms. The summed E-state index contributed by atoms with van der Waals surface area (Å²) in [6.07, 6.45) is 0. The molecule has 2 N–H and O–H groups in total. The second kappa shape index (κ2) is 5.39. The molecule has 2 aromatic rings. The van der Waals surface area contributed by atoms with E-state index < -0.39 is 0 Å². The van der Waals surface area contributed by atoms with Crippen molar-refractivity contribution in [3.05, 3.63) is 26.7 Å². The highest BCUT2D eigenvalue weighted by Gasteiger charge is 2.28. The van der Waals surface area contributed by atoms with Crippen molar-refractivity contribution in [3.8, 4) is 0 Å². The van der Waals surface area contributed by atoms with Crippen LogP contribution in [0.2, 0.25) is 0 Å². The first-order valence-corrected chi connectivity index (χ1v) is 7.57. The van der Waals surface area contributed by atoms with Gasteiger partial charge in [0.2, 0.25) is 0 Å². The van der Waals surface area contributed by atoms with Crippen LogP contribution < -0.4 is 17.0 Å². The van der Waals surface area contributed by atoms with Crippen molar-refractivity contribution < 1.29 is 0 Å². The Morgan fingerprint density at radius 2 is 1.86 bits per heavy atom. The summed E-state index contributed by atoms with van der Waals surface area (Å²) in [5.74, 6) is 0.769. The second-order valence-electron chi connectivity index (χ2n) is 6.70. The topological polar surface area (TPSA) is 87.8 Å². The van der Waals surface area contributed by atoms with Gasteiger partial charge in [-0.2, -0.15) is 0 Å². The molecule has 2 rings (SSSR count). The molecule has 0 aliphatic heterocycles. The van der Waals surface area contributed by atoms with Gasteiger partial charge in [-0.3, -0.25) is 13.9 Å². The highest BCUT2D eigenvalue weighted by atomic mass is 16.2. The SMILES string of the molecule is CCn1c(=O)n(C)c(=O)c2c1nc(C(C)(C)C)n2C(C)CN.